The molecule has 0 aromatic rings. The van der Waals surface area contributed by atoms with E-state index in [-0.39, 0.29) is 19.6 Å². The summed E-state index contributed by atoms with van der Waals surface area (Å²) in [6.07, 6.45) is 33.5. The Morgan fingerprint density at radius 2 is 1.12 bits per heavy atom. The van der Waals surface area contributed by atoms with Crippen LogP contribution in [0.3, 0.4) is 0 Å². The average Bonchev–Trinajstić information content (AvgIpc) is 3.20. The molecule has 4 N–H and O–H groups in total. The summed E-state index contributed by atoms with van der Waals surface area (Å²) in [5.74, 6) is -0.401. The van der Waals surface area contributed by atoms with Crippen LogP contribution in [0.15, 0.2) is 24.3 Å². The van der Waals surface area contributed by atoms with Gasteiger partial charge in [0.15, 0.2) is 6.29 Å². The number of carbonyl (C=O) groups is 1. The quantitative estimate of drug-likeness (QED) is 0.0198. The van der Waals surface area contributed by atoms with Crippen molar-refractivity contribution in [3.05, 3.63) is 24.3 Å². The van der Waals surface area contributed by atoms with Gasteiger partial charge in [-0.05, 0) is 44.9 Å². The van der Waals surface area contributed by atoms with Crippen LogP contribution in [-0.2, 0) is 38.3 Å². The third-order valence-corrected chi connectivity index (χ3v) is 11.3. The molecule has 59 heavy (non-hydrogen) atoms. The van der Waals surface area contributed by atoms with Crippen LogP contribution in [0.5, 0.6) is 0 Å². The molecule has 0 aromatic heterocycles. The van der Waals surface area contributed by atoms with Gasteiger partial charge < -0.3 is 34.3 Å². The predicted molar refractivity (Wildman–Crippen MR) is 234 cm³/mol. The molecule has 0 saturated carbocycles. The fraction of sp³-hybridized carbons (Fsp3) is 0.891. The van der Waals surface area contributed by atoms with Gasteiger partial charge in [0.25, 0.3) is 0 Å². The van der Waals surface area contributed by atoms with Gasteiger partial charge in [-0.1, -0.05) is 173 Å². The lowest BCUT2D eigenvalue weighted by atomic mass is 9.99. The summed E-state index contributed by atoms with van der Waals surface area (Å²) >= 11 is 0. The minimum atomic E-state index is -5.06. The summed E-state index contributed by atoms with van der Waals surface area (Å²) in [4.78, 5) is 12.9. The number of hydrogen-bond acceptors (Lipinski definition) is 11. The molecule has 12 nitrogen and oxygen atoms in total. The minimum Gasteiger partial charge on any atom is -0.457 e. The third kappa shape index (κ3) is 32.0. The highest BCUT2D eigenvalue weighted by atomic mass is 32.3. The third-order valence-electron chi connectivity index (χ3n) is 10.8. The van der Waals surface area contributed by atoms with E-state index in [2.05, 4.69) is 42.3 Å². The summed E-state index contributed by atoms with van der Waals surface area (Å²) in [5.41, 5.74) is 0. The summed E-state index contributed by atoms with van der Waals surface area (Å²) in [6.45, 7) is 3.97. The normalized spacial score (nSPS) is 20.5. The summed E-state index contributed by atoms with van der Waals surface area (Å²) < 4.78 is 59.1. The second-order valence-electron chi connectivity index (χ2n) is 16.4. The van der Waals surface area contributed by atoms with Crippen molar-refractivity contribution in [2.45, 2.75) is 237 Å². The first-order valence-corrected chi connectivity index (χ1v) is 25.0. The van der Waals surface area contributed by atoms with Crippen LogP contribution < -0.4 is 0 Å². The van der Waals surface area contributed by atoms with E-state index in [1.54, 1.807) is 0 Å². The number of rotatable bonds is 41. The van der Waals surface area contributed by atoms with E-state index in [0.29, 0.717) is 13.0 Å². The zero-order valence-corrected chi connectivity index (χ0v) is 37.9. The summed E-state index contributed by atoms with van der Waals surface area (Å²) in [5, 5.41) is 30.7. The predicted octanol–water partition coefficient (Wildman–Crippen LogP) is 10.0. The summed E-state index contributed by atoms with van der Waals surface area (Å²) in [7, 11) is -5.06. The van der Waals surface area contributed by atoms with Crippen LogP contribution in [-0.4, -0.2) is 97.5 Å². The highest BCUT2D eigenvalue weighted by Gasteiger charge is 2.48. The van der Waals surface area contributed by atoms with Crippen molar-refractivity contribution >= 4 is 16.4 Å². The van der Waals surface area contributed by atoms with Gasteiger partial charge in [-0.2, -0.15) is 8.42 Å². The molecule has 1 saturated heterocycles. The van der Waals surface area contributed by atoms with Crippen molar-refractivity contribution in [3.8, 4) is 0 Å². The number of aliphatic hydroxyl groups is 3. The number of unbranched alkanes of at least 4 members (excludes halogenated alkanes) is 24. The molecule has 348 valence electrons. The molecule has 1 fully saturated rings. The van der Waals surface area contributed by atoms with E-state index in [0.717, 1.165) is 57.8 Å². The summed E-state index contributed by atoms with van der Waals surface area (Å²) in [6, 6.07) is 0. The van der Waals surface area contributed by atoms with Gasteiger partial charge in [-0.15, -0.1) is 0 Å². The molecular formula is C46H86O12S. The van der Waals surface area contributed by atoms with Gasteiger partial charge in [0.1, 0.15) is 30.5 Å². The molecule has 0 aromatic carbocycles. The Kier molecular flexibility index (Phi) is 36.1. The van der Waals surface area contributed by atoms with E-state index < -0.39 is 59.8 Å². The first-order chi connectivity index (χ1) is 28.6. The van der Waals surface area contributed by atoms with Gasteiger partial charge in [0.2, 0.25) is 0 Å². The molecule has 0 amide bonds. The van der Waals surface area contributed by atoms with E-state index in [1.807, 2.05) is 0 Å². The molecule has 0 radical (unpaired) electrons. The molecule has 6 unspecified atom stereocenters. The van der Waals surface area contributed by atoms with Crippen LogP contribution in [0.4, 0.5) is 0 Å². The van der Waals surface area contributed by atoms with E-state index in [4.69, 9.17) is 23.5 Å². The molecule has 1 heterocycles. The maximum atomic E-state index is 12.9. The fourth-order valence-electron chi connectivity index (χ4n) is 7.23. The van der Waals surface area contributed by atoms with E-state index in [9.17, 15) is 28.5 Å². The number of aliphatic hydroxyl groups excluding tert-OH is 3. The second-order valence-corrected chi connectivity index (χ2v) is 17.4. The topological polar surface area (TPSA) is 178 Å². The highest BCUT2D eigenvalue weighted by Crippen LogP contribution is 2.26. The molecule has 1 aliphatic heterocycles. The van der Waals surface area contributed by atoms with Crippen LogP contribution in [0.25, 0.3) is 0 Å². The van der Waals surface area contributed by atoms with Crippen LogP contribution in [0.2, 0.25) is 0 Å². The molecule has 0 bridgehead atoms. The molecular weight excluding hydrogens is 777 g/mol. The average molecular weight is 863 g/mol. The zero-order valence-electron chi connectivity index (χ0n) is 37.1. The van der Waals surface area contributed by atoms with Crippen molar-refractivity contribution in [1.82, 2.24) is 0 Å². The Hall–Kier alpha value is -1.42. The van der Waals surface area contributed by atoms with E-state index >= 15 is 0 Å². The maximum Gasteiger partial charge on any atom is 0.397 e. The van der Waals surface area contributed by atoms with Gasteiger partial charge in [0, 0.05) is 13.0 Å². The number of carbonyl (C=O) groups excluding carboxylic acids is 1. The molecule has 13 heteroatoms. The molecule has 1 aliphatic rings. The van der Waals surface area contributed by atoms with Crippen molar-refractivity contribution in [2.24, 2.45) is 0 Å². The Balaban J connectivity index is 2.41. The Morgan fingerprint density at radius 1 is 0.644 bits per heavy atom. The second kappa shape index (κ2) is 38.3. The Labute approximate surface area is 359 Å². The van der Waals surface area contributed by atoms with E-state index in [1.165, 1.54) is 116 Å². The maximum absolute atomic E-state index is 12.9. The van der Waals surface area contributed by atoms with Crippen LogP contribution >= 0.6 is 0 Å². The van der Waals surface area contributed by atoms with Crippen molar-refractivity contribution < 1.29 is 56.2 Å². The zero-order chi connectivity index (χ0) is 43.2. The first kappa shape index (κ1) is 55.6. The van der Waals surface area contributed by atoms with Gasteiger partial charge in [-0.3, -0.25) is 9.35 Å². The molecule has 0 spiro atoms. The Bertz CT molecular complexity index is 1130. The minimum absolute atomic E-state index is 0.0325. The van der Waals surface area contributed by atoms with Crippen molar-refractivity contribution in [3.63, 3.8) is 0 Å². The number of allylic oxidation sites excluding steroid dienone is 4. The van der Waals surface area contributed by atoms with Crippen LogP contribution in [0.1, 0.15) is 200 Å². The lowest BCUT2D eigenvalue weighted by Crippen LogP contribution is -2.60. The molecule has 6 atom stereocenters. The number of ether oxygens (including phenoxy) is 4. The standard InChI is InChI=1S/C46H86O12S/c1-3-5-7-9-11-13-15-17-19-20-22-24-26-28-30-32-34-36-54-38-40(39-55-46-44(50)45(58-59(51,52)53)43(49)41(37-47)57-46)56-42(48)35-33-31-29-27-25-23-21-18-16-14-12-10-8-6-4-2/h13,15,19-20,40-41,43-47,49-50H,3-12,14,16-18,21-39H2,1-2H3,(H,51,52,53)/b15-13-,20-19-. The van der Waals surface area contributed by atoms with Crippen molar-refractivity contribution in [2.75, 3.05) is 26.4 Å². The largest absolute Gasteiger partial charge is 0.457 e. The Morgan fingerprint density at radius 3 is 1.63 bits per heavy atom. The lowest BCUT2D eigenvalue weighted by molar-refractivity contribution is -0.301. The lowest BCUT2D eigenvalue weighted by Gasteiger charge is -2.41. The monoisotopic (exact) mass is 863 g/mol. The SMILES string of the molecule is CCCCCC/C=C\C/C=C\CCCCCCCCOCC(COC1OC(CO)C(O)C(OS(=O)(=O)O)C1O)OC(=O)CCCCCCCCCCCCCCCCC. The first-order valence-electron chi connectivity index (χ1n) is 23.6. The smallest absolute Gasteiger partial charge is 0.397 e. The van der Waals surface area contributed by atoms with Crippen LogP contribution in [0, 0.1) is 0 Å². The molecule has 1 rings (SSSR count). The number of esters is 1. The van der Waals surface area contributed by atoms with Gasteiger partial charge in [-0.25, -0.2) is 4.18 Å². The van der Waals surface area contributed by atoms with Crippen molar-refractivity contribution in [1.29, 1.82) is 0 Å². The highest BCUT2D eigenvalue weighted by molar-refractivity contribution is 7.80. The van der Waals surface area contributed by atoms with Gasteiger partial charge >= 0.3 is 16.4 Å². The fourth-order valence-corrected chi connectivity index (χ4v) is 7.74. The molecule has 0 aliphatic carbocycles. The van der Waals surface area contributed by atoms with Gasteiger partial charge in [0.05, 0.1) is 19.8 Å². The number of hydrogen-bond donors (Lipinski definition) is 4.